The van der Waals surface area contributed by atoms with Crippen LogP contribution in [-0.4, -0.2) is 43.0 Å². The highest BCUT2D eigenvalue weighted by Gasteiger charge is 2.26. The Balaban J connectivity index is 1.35. The van der Waals surface area contributed by atoms with Crippen molar-refractivity contribution >= 4 is 38.5 Å². The number of thiophene rings is 1. The largest absolute Gasteiger partial charge is 0.338 e. The van der Waals surface area contributed by atoms with Gasteiger partial charge in [0.1, 0.15) is 10.7 Å². The van der Waals surface area contributed by atoms with Gasteiger partial charge in [0.15, 0.2) is 0 Å². The highest BCUT2D eigenvalue weighted by molar-refractivity contribution is 7.18. The van der Waals surface area contributed by atoms with E-state index >= 15 is 0 Å². The minimum atomic E-state index is 0.0244. The molecule has 0 radical (unpaired) electrons. The molecule has 0 aliphatic carbocycles. The number of benzene rings is 1. The van der Waals surface area contributed by atoms with Crippen molar-refractivity contribution in [2.45, 2.75) is 46.1 Å². The Morgan fingerprint density at radius 2 is 1.97 bits per heavy atom. The van der Waals surface area contributed by atoms with Gasteiger partial charge in [-0.05, 0) is 56.9 Å². The number of hydrogen-bond donors (Lipinski definition) is 0. The first-order valence-electron chi connectivity index (χ1n) is 11.1. The minimum Gasteiger partial charge on any atom is -0.338 e. The van der Waals surface area contributed by atoms with Crippen molar-refractivity contribution in [2.24, 2.45) is 7.05 Å². The van der Waals surface area contributed by atoms with Gasteiger partial charge in [-0.1, -0.05) is 6.92 Å². The fourth-order valence-electron chi connectivity index (χ4n) is 4.84. The zero-order chi connectivity index (χ0) is 22.6. The van der Waals surface area contributed by atoms with Crippen LogP contribution in [0.15, 0.2) is 29.3 Å². The quantitative estimate of drug-likeness (QED) is 0.474. The first-order chi connectivity index (χ1) is 15.4. The first-order valence-corrected chi connectivity index (χ1v) is 11.9. The van der Waals surface area contributed by atoms with Crippen molar-refractivity contribution in [3.05, 3.63) is 56.7 Å². The molecule has 1 aliphatic heterocycles. The Morgan fingerprint density at radius 1 is 1.22 bits per heavy atom. The van der Waals surface area contributed by atoms with Gasteiger partial charge in [-0.25, -0.2) is 9.97 Å². The smallest absolute Gasteiger partial charge is 0.262 e. The molecule has 1 aliphatic rings. The Kier molecular flexibility index (Phi) is 5.12. The van der Waals surface area contributed by atoms with Crippen molar-refractivity contribution in [1.82, 2.24) is 24.0 Å². The second-order valence-corrected chi connectivity index (χ2v) is 9.78. The van der Waals surface area contributed by atoms with Crippen LogP contribution in [0.3, 0.4) is 0 Å². The lowest BCUT2D eigenvalue weighted by atomic mass is 10.0. The number of likely N-dealkylation sites (tertiary alicyclic amines) is 1. The molecule has 7 nitrogen and oxygen atoms in total. The molecule has 3 aromatic heterocycles. The number of amides is 1. The van der Waals surface area contributed by atoms with Crippen LogP contribution in [-0.2, 0) is 13.5 Å². The second kappa shape index (κ2) is 7.85. The molecule has 1 aromatic carbocycles. The number of aromatic nitrogens is 4. The van der Waals surface area contributed by atoms with Crippen LogP contribution in [0.2, 0.25) is 0 Å². The van der Waals surface area contributed by atoms with Crippen LogP contribution in [0.4, 0.5) is 0 Å². The third-order valence-corrected chi connectivity index (χ3v) is 7.84. The monoisotopic (exact) mass is 449 g/mol. The number of rotatable bonds is 3. The average Bonchev–Trinajstić information content (AvgIpc) is 3.28. The van der Waals surface area contributed by atoms with Gasteiger partial charge in [-0.15, -0.1) is 11.3 Å². The SMILES string of the molecule is CCc1c(C)sc2ncn(C3CCN(C(=O)c4ccc5c(c4)nc(C)n5C)CC3)c(=O)c12. The molecule has 0 atom stereocenters. The molecule has 1 fully saturated rings. The van der Waals surface area contributed by atoms with Gasteiger partial charge in [0, 0.05) is 36.6 Å². The van der Waals surface area contributed by atoms with Crippen LogP contribution in [0.1, 0.15) is 52.4 Å². The topological polar surface area (TPSA) is 73.0 Å². The van der Waals surface area contributed by atoms with E-state index in [4.69, 9.17) is 0 Å². The van der Waals surface area contributed by atoms with E-state index in [0.717, 1.165) is 51.9 Å². The normalized spacial score (nSPS) is 15.2. The molecule has 0 bridgehead atoms. The number of nitrogens with zero attached hydrogens (tertiary/aromatic N) is 5. The van der Waals surface area contributed by atoms with Crippen molar-refractivity contribution in [1.29, 1.82) is 0 Å². The zero-order valence-corrected chi connectivity index (χ0v) is 19.7. The van der Waals surface area contributed by atoms with Gasteiger partial charge in [-0.2, -0.15) is 0 Å². The third kappa shape index (κ3) is 3.24. The van der Waals surface area contributed by atoms with E-state index < -0.39 is 0 Å². The maximum atomic E-state index is 13.3. The Morgan fingerprint density at radius 3 is 2.69 bits per heavy atom. The maximum absolute atomic E-state index is 13.3. The number of imidazole rings is 1. The summed E-state index contributed by atoms with van der Waals surface area (Å²) >= 11 is 1.59. The van der Waals surface area contributed by atoms with Gasteiger partial charge >= 0.3 is 0 Å². The Labute approximate surface area is 190 Å². The number of carbonyl (C=O) groups is 1. The third-order valence-electron chi connectivity index (χ3n) is 6.79. The minimum absolute atomic E-state index is 0.0244. The van der Waals surface area contributed by atoms with Gasteiger partial charge in [0.05, 0.1) is 22.7 Å². The van der Waals surface area contributed by atoms with Crippen LogP contribution in [0.5, 0.6) is 0 Å². The maximum Gasteiger partial charge on any atom is 0.262 e. The number of fused-ring (bicyclic) bond motifs is 2. The van der Waals surface area contributed by atoms with Crippen LogP contribution < -0.4 is 5.56 Å². The molecule has 1 amide bonds. The summed E-state index contributed by atoms with van der Waals surface area (Å²) in [5.74, 6) is 0.949. The fourth-order valence-corrected chi connectivity index (χ4v) is 5.91. The molecule has 4 heterocycles. The van der Waals surface area contributed by atoms with Gasteiger partial charge in [-0.3, -0.25) is 14.2 Å². The molecule has 4 aromatic rings. The summed E-state index contributed by atoms with van der Waals surface area (Å²) < 4.78 is 3.81. The summed E-state index contributed by atoms with van der Waals surface area (Å²) in [4.78, 5) is 39.4. The van der Waals surface area contributed by atoms with E-state index in [0.29, 0.717) is 18.7 Å². The Bertz CT molecular complexity index is 1410. The van der Waals surface area contributed by atoms with Gasteiger partial charge in [0.25, 0.3) is 11.5 Å². The molecular weight excluding hydrogens is 422 g/mol. The second-order valence-electron chi connectivity index (χ2n) is 8.57. The van der Waals surface area contributed by atoms with E-state index in [9.17, 15) is 9.59 Å². The highest BCUT2D eigenvalue weighted by Crippen LogP contribution is 2.29. The summed E-state index contributed by atoms with van der Waals surface area (Å²) in [6, 6.07) is 5.79. The van der Waals surface area contributed by atoms with Crippen molar-refractivity contribution in [3.63, 3.8) is 0 Å². The fraction of sp³-hybridized carbons (Fsp3) is 0.417. The molecule has 0 N–H and O–H groups in total. The van der Waals surface area contributed by atoms with Gasteiger partial charge < -0.3 is 9.47 Å². The molecular formula is C24H27N5O2S. The van der Waals surface area contributed by atoms with E-state index in [1.54, 1.807) is 22.2 Å². The number of hydrogen-bond acceptors (Lipinski definition) is 5. The Hall–Kier alpha value is -3.00. The first kappa shape index (κ1) is 20.9. The summed E-state index contributed by atoms with van der Waals surface area (Å²) in [7, 11) is 1.98. The predicted octanol–water partition coefficient (Wildman–Crippen LogP) is 4.00. The molecule has 0 unspecified atom stereocenters. The van der Waals surface area contributed by atoms with Crippen molar-refractivity contribution < 1.29 is 4.79 Å². The lowest BCUT2D eigenvalue weighted by Crippen LogP contribution is -2.40. The van der Waals surface area contributed by atoms with Crippen molar-refractivity contribution in [2.75, 3.05) is 13.1 Å². The predicted molar refractivity (Wildman–Crippen MR) is 128 cm³/mol. The molecule has 5 rings (SSSR count). The molecule has 1 saturated heterocycles. The van der Waals surface area contributed by atoms with Crippen LogP contribution in [0, 0.1) is 13.8 Å². The zero-order valence-electron chi connectivity index (χ0n) is 18.9. The molecule has 166 valence electrons. The summed E-state index contributed by atoms with van der Waals surface area (Å²) in [6.07, 6.45) is 4.02. The van der Waals surface area contributed by atoms with Crippen LogP contribution >= 0.6 is 11.3 Å². The molecule has 0 spiro atoms. The summed E-state index contributed by atoms with van der Waals surface area (Å²) in [6.45, 7) is 7.34. The average molecular weight is 450 g/mol. The van der Waals surface area contributed by atoms with Gasteiger partial charge in [0.2, 0.25) is 0 Å². The summed E-state index contributed by atoms with van der Waals surface area (Å²) in [5, 5.41) is 0.773. The standard InChI is InChI=1S/C24H27N5O2S/c1-5-18-14(2)32-22-21(18)24(31)29(13-25-22)17-8-10-28(11-9-17)23(30)16-6-7-20-19(12-16)26-15(3)27(20)4/h6-7,12-13,17H,5,8-11H2,1-4H3. The molecule has 8 heteroatoms. The van der Waals surface area contributed by atoms with E-state index in [1.165, 1.54) is 4.88 Å². The van der Waals surface area contributed by atoms with E-state index in [1.807, 2.05) is 41.6 Å². The van der Waals surface area contributed by atoms with Crippen molar-refractivity contribution in [3.8, 4) is 0 Å². The number of carbonyl (C=O) groups excluding carboxylic acids is 1. The summed E-state index contributed by atoms with van der Waals surface area (Å²) in [5.41, 5.74) is 3.70. The molecule has 0 saturated carbocycles. The molecule has 32 heavy (non-hydrogen) atoms. The number of aryl methyl sites for hydroxylation is 4. The lowest BCUT2D eigenvalue weighted by Gasteiger charge is -2.32. The highest BCUT2D eigenvalue weighted by atomic mass is 32.1. The number of piperidine rings is 1. The van der Waals surface area contributed by atoms with E-state index in [2.05, 4.69) is 23.8 Å². The van der Waals surface area contributed by atoms with E-state index in [-0.39, 0.29) is 17.5 Å². The van der Waals surface area contributed by atoms with Crippen LogP contribution in [0.25, 0.3) is 21.3 Å². The lowest BCUT2D eigenvalue weighted by molar-refractivity contribution is 0.0693.